The third kappa shape index (κ3) is 4.66. The van der Waals surface area contributed by atoms with Gasteiger partial charge < -0.3 is 24.6 Å². The number of imidazole rings is 1. The van der Waals surface area contributed by atoms with E-state index in [0.29, 0.717) is 29.4 Å². The third-order valence-electron chi connectivity index (χ3n) is 4.55. The summed E-state index contributed by atoms with van der Waals surface area (Å²) in [4.78, 5) is 17.9. The number of urea groups is 1. The molecule has 29 heavy (non-hydrogen) atoms. The molecule has 0 fully saturated rings. The summed E-state index contributed by atoms with van der Waals surface area (Å²) in [5.41, 5.74) is 1.81. The van der Waals surface area contributed by atoms with Crippen LogP contribution in [0, 0.1) is 12.7 Å². The minimum atomic E-state index is -0.389. The van der Waals surface area contributed by atoms with E-state index in [-0.39, 0.29) is 24.1 Å². The van der Waals surface area contributed by atoms with E-state index in [1.54, 1.807) is 61.3 Å². The molecule has 0 aliphatic rings. The first kappa shape index (κ1) is 20.2. The lowest BCUT2D eigenvalue weighted by molar-refractivity contribution is 0.206. The van der Waals surface area contributed by atoms with Crippen LogP contribution in [-0.4, -0.2) is 39.7 Å². The molecule has 1 aromatic heterocycles. The van der Waals surface area contributed by atoms with Gasteiger partial charge in [-0.3, -0.25) is 0 Å². The first-order chi connectivity index (χ1) is 13.9. The number of carbonyl (C=O) groups excluding carboxylic acids is 1. The summed E-state index contributed by atoms with van der Waals surface area (Å²) in [5.74, 6) is 0.691. The second-order valence-corrected chi connectivity index (χ2v) is 6.65. The first-order valence-corrected chi connectivity index (χ1v) is 9.02. The zero-order valence-electron chi connectivity index (χ0n) is 16.5. The number of hydrogen-bond donors (Lipinski definition) is 2. The van der Waals surface area contributed by atoms with Crippen molar-refractivity contribution < 1.29 is 19.0 Å². The number of hydrogen-bond acceptors (Lipinski definition) is 4. The number of methoxy groups -OCH3 is 1. The number of aromatic hydroxyl groups is 1. The average Bonchev–Trinajstić information content (AvgIpc) is 3.12. The zero-order valence-corrected chi connectivity index (χ0v) is 16.5. The lowest BCUT2D eigenvalue weighted by Gasteiger charge is -2.19. The average molecular weight is 398 g/mol. The topological polar surface area (TPSA) is 79.6 Å². The van der Waals surface area contributed by atoms with Gasteiger partial charge >= 0.3 is 6.03 Å². The van der Waals surface area contributed by atoms with E-state index in [2.05, 4.69) is 10.3 Å². The van der Waals surface area contributed by atoms with Crippen molar-refractivity contribution in [1.82, 2.24) is 19.8 Å². The maximum atomic E-state index is 14.5. The first-order valence-electron chi connectivity index (χ1n) is 9.02. The molecule has 8 heteroatoms. The fraction of sp³-hybridized carbons (Fsp3) is 0.238. The Balaban J connectivity index is 1.59. The lowest BCUT2D eigenvalue weighted by atomic mass is 10.2. The van der Waals surface area contributed by atoms with Gasteiger partial charge in [0.25, 0.3) is 0 Å². The van der Waals surface area contributed by atoms with Crippen LogP contribution >= 0.6 is 0 Å². The van der Waals surface area contributed by atoms with Gasteiger partial charge in [0.15, 0.2) is 11.5 Å². The van der Waals surface area contributed by atoms with Gasteiger partial charge in [0.1, 0.15) is 11.6 Å². The molecule has 0 aliphatic carbocycles. The van der Waals surface area contributed by atoms with Gasteiger partial charge in [0.2, 0.25) is 0 Å². The van der Waals surface area contributed by atoms with Crippen LogP contribution in [-0.2, 0) is 13.1 Å². The normalized spacial score (nSPS) is 10.6. The van der Waals surface area contributed by atoms with Crippen molar-refractivity contribution in [3.63, 3.8) is 0 Å². The number of phenolic OH excluding ortho intramolecular Hbond substituents is 1. The molecule has 0 aliphatic heterocycles. The van der Waals surface area contributed by atoms with E-state index in [4.69, 9.17) is 4.74 Å². The van der Waals surface area contributed by atoms with Gasteiger partial charge in [0.05, 0.1) is 12.8 Å². The molecule has 0 unspecified atom stereocenters. The van der Waals surface area contributed by atoms with Crippen molar-refractivity contribution in [1.29, 1.82) is 0 Å². The van der Waals surface area contributed by atoms with Crippen molar-refractivity contribution in [2.24, 2.45) is 0 Å². The largest absolute Gasteiger partial charge is 0.504 e. The predicted octanol–water partition coefficient (Wildman–Crippen LogP) is 3.38. The van der Waals surface area contributed by atoms with Gasteiger partial charge in [-0.15, -0.1) is 0 Å². The van der Waals surface area contributed by atoms with Crippen LogP contribution in [0.15, 0.2) is 48.8 Å². The fourth-order valence-corrected chi connectivity index (χ4v) is 2.98. The second kappa shape index (κ2) is 8.64. The Morgan fingerprint density at radius 1 is 1.28 bits per heavy atom. The molecule has 3 aromatic rings. The Morgan fingerprint density at radius 2 is 2.03 bits per heavy atom. The van der Waals surface area contributed by atoms with Gasteiger partial charge in [-0.2, -0.15) is 0 Å². The molecule has 2 N–H and O–H groups in total. The van der Waals surface area contributed by atoms with Crippen LogP contribution < -0.4 is 10.1 Å². The second-order valence-electron chi connectivity index (χ2n) is 6.65. The summed E-state index contributed by atoms with van der Waals surface area (Å²) in [6.45, 7) is 2.29. The monoisotopic (exact) mass is 398 g/mol. The number of rotatable bonds is 6. The Morgan fingerprint density at radius 3 is 2.66 bits per heavy atom. The highest BCUT2D eigenvalue weighted by Crippen LogP contribution is 2.26. The molecule has 7 nitrogen and oxygen atoms in total. The summed E-state index contributed by atoms with van der Waals surface area (Å²) in [6, 6.07) is 9.48. The van der Waals surface area contributed by atoms with Crippen molar-refractivity contribution in [2.75, 3.05) is 14.2 Å². The van der Waals surface area contributed by atoms with Gasteiger partial charge in [-0.25, -0.2) is 14.2 Å². The molecule has 0 radical (unpaired) electrons. The molecule has 3 rings (SSSR count). The van der Waals surface area contributed by atoms with Crippen molar-refractivity contribution in [3.05, 3.63) is 71.6 Å². The Kier molecular flexibility index (Phi) is 6.01. The summed E-state index contributed by atoms with van der Waals surface area (Å²) in [5, 5.41) is 12.6. The molecule has 0 spiro atoms. The predicted molar refractivity (Wildman–Crippen MR) is 107 cm³/mol. The number of halogens is 1. The number of phenols is 1. The van der Waals surface area contributed by atoms with Gasteiger partial charge in [0, 0.05) is 32.5 Å². The molecule has 1 heterocycles. The summed E-state index contributed by atoms with van der Waals surface area (Å²) < 4.78 is 21.1. The highest BCUT2D eigenvalue weighted by atomic mass is 19.1. The maximum Gasteiger partial charge on any atom is 0.317 e. The molecule has 2 aromatic carbocycles. The van der Waals surface area contributed by atoms with E-state index in [1.807, 2.05) is 0 Å². The molecule has 0 saturated heterocycles. The van der Waals surface area contributed by atoms with E-state index in [0.717, 1.165) is 5.56 Å². The summed E-state index contributed by atoms with van der Waals surface area (Å²) in [6.07, 6.45) is 3.31. The standard InChI is InChI=1S/C21H23FN4O3/c1-14-23-8-9-26(14)18-6-4-15(10-17(18)22)12-24-21(28)25(2)13-16-5-7-20(29-3)19(27)11-16/h4-11,27H,12-13H2,1-3H3,(H,24,28). The number of ether oxygens (including phenoxy) is 1. The van der Waals surface area contributed by atoms with Crippen LogP contribution in [0.2, 0.25) is 0 Å². The number of amides is 2. The van der Waals surface area contributed by atoms with E-state index in [9.17, 15) is 14.3 Å². The highest BCUT2D eigenvalue weighted by Gasteiger charge is 2.12. The number of aromatic nitrogens is 2. The molecule has 2 amide bonds. The molecule has 152 valence electrons. The van der Waals surface area contributed by atoms with E-state index in [1.165, 1.54) is 18.1 Å². The van der Waals surface area contributed by atoms with E-state index < -0.39 is 0 Å². The molecule has 0 atom stereocenters. The Hall–Kier alpha value is -3.55. The number of aryl methyl sites for hydroxylation is 1. The van der Waals surface area contributed by atoms with Crippen LogP contribution in [0.4, 0.5) is 9.18 Å². The fourth-order valence-electron chi connectivity index (χ4n) is 2.98. The molecular formula is C21H23FN4O3. The third-order valence-corrected chi connectivity index (χ3v) is 4.55. The quantitative estimate of drug-likeness (QED) is 0.667. The highest BCUT2D eigenvalue weighted by molar-refractivity contribution is 5.73. The van der Waals surface area contributed by atoms with Crippen LogP contribution in [0.3, 0.4) is 0 Å². The number of carbonyl (C=O) groups is 1. The smallest absolute Gasteiger partial charge is 0.317 e. The Labute approximate surface area is 168 Å². The minimum Gasteiger partial charge on any atom is -0.504 e. The number of benzene rings is 2. The van der Waals surface area contributed by atoms with Crippen LogP contribution in [0.25, 0.3) is 5.69 Å². The number of nitrogens with zero attached hydrogens (tertiary/aromatic N) is 3. The van der Waals surface area contributed by atoms with Gasteiger partial charge in [-0.1, -0.05) is 12.1 Å². The number of nitrogens with one attached hydrogen (secondary N) is 1. The molecular weight excluding hydrogens is 375 g/mol. The minimum absolute atomic E-state index is 0.0162. The zero-order chi connectivity index (χ0) is 21.0. The lowest BCUT2D eigenvalue weighted by Crippen LogP contribution is -2.36. The van der Waals surface area contributed by atoms with E-state index >= 15 is 0 Å². The van der Waals surface area contributed by atoms with Crippen LogP contribution in [0.5, 0.6) is 11.5 Å². The summed E-state index contributed by atoms with van der Waals surface area (Å²) in [7, 11) is 3.11. The van der Waals surface area contributed by atoms with Crippen molar-refractivity contribution in [3.8, 4) is 17.2 Å². The van der Waals surface area contributed by atoms with Crippen molar-refractivity contribution >= 4 is 6.03 Å². The Bertz CT molecular complexity index is 1020. The van der Waals surface area contributed by atoms with Gasteiger partial charge in [-0.05, 0) is 42.3 Å². The molecule has 0 saturated carbocycles. The SMILES string of the molecule is COc1ccc(CN(C)C(=O)NCc2ccc(-n3ccnc3C)c(F)c2)cc1O. The van der Waals surface area contributed by atoms with Crippen molar-refractivity contribution in [2.45, 2.75) is 20.0 Å². The molecule has 0 bridgehead atoms. The maximum absolute atomic E-state index is 14.5. The van der Waals surface area contributed by atoms with Crippen LogP contribution in [0.1, 0.15) is 17.0 Å². The summed E-state index contributed by atoms with van der Waals surface area (Å²) >= 11 is 0.